The summed E-state index contributed by atoms with van der Waals surface area (Å²) in [5, 5.41) is 2.63. The second-order valence-electron chi connectivity index (χ2n) is 3.60. The van der Waals surface area contributed by atoms with E-state index in [1.54, 1.807) is 11.8 Å². The smallest absolute Gasteiger partial charge is 0.0201 e. The maximum Gasteiger partial charge on any atom is 0.0201 e. The summed E-state index contributed by atoms with van der Waals surface area (Å²) in [4.78, 5) is 2.42. The molecule has 0 fully saturated rings. The largest absolute Gasteiger partial charge is 0.0901 e. The topological polar surface area (TPSA) is 0 Å². The summed E-state index contributed by atoms with van der Waals surface area (Å²) >= 11 is 1.75. The first-order chi connectivity index (χ1) is 7.34. The molecule has 1 aliphatic heterocycles. The van der Waals surface area contributed by atoms with Crippen LogP contribution in [0.5, 0.6) is 0 Å². The van der Waals surface area contributed by atoms with E-state index in [4.69, 9.17) is 0 Å². The summed E-state index contributed by atoms with van der Waals surface area (Å²) < 4.78 is 0. The molecular weight excluding hydrogens is 200 g/mol. The van der Waals surface area contributed by atoms with Crippen molar-refractivity contribution in [3.8, 4) is 0 Å². The Morgan fingerprint density at radius 3 is 2.73 bits per heavy atom. The number of rotatable bonds is 0. The van der Waals surface area contributed by atoms with Crippen LogP contribution < -0.4 is 0 Å². The maximum absolute atomic E-state index is 3.97. The lowest BCUT2D eigenvalue weighted by Gasteiger charge is -2.13. The lowest BCUT2D eigenvalue weighted by molar-refractivity contribution is 1.46. The third kappa shape index (κ3) is 1.40. The molecule has 0 unspecified atom stereocenters. The van der Waals surface area contributed by atoms with Gasteiger partial charge in [0.1, 0.15) is 0 Å². The van der Waals surface area contributed by atoms with Gasteiger partial charge in [0.15, 0.2) is 0 Å². The second kappa shape index (κ2) is 3.28. The van der Waals surface area contributed by atoms with E-state index < -0.39 is 0 Å². The van der Waals surface area contributed by atoms with E-state index in [1.165, 1.54) is 21.2 Å². The zero-order chi connectivity index (χ0) is 10.3. The van der Waals surface area contributed by atoms with E-state index in [9.17, 15) is 0 Å². The van der Waals surface area contributed by atoms with Crippen molar-refractivity contribution in [2.24, 2.45) is 0 Å². The zero-order valence-electron chi connectivity index (χ0n) is 8.23. The second-order valence-corrected chi connectivity index (χ2v) is 4.77. The summed E-state index contributed by atoms with van der Waals surface area (Å²) in [6.07, 6.45) is 4.25. The predicted octanol–water partition coefficient (Wildman–Crippen LogP) is 4.47. The van der Waals surface area contributed by atoms with Crippen LogP contribution in [0.1, 0.15) is 5.56 Å². The SMILES string of the molecule is C=C1C=Cc2c(ccc3ccccc23)S1. The highest BCUT2D eigenvalue weighted by atomic mass is 32.2. The molecule has 0 atom stereocenters. The molecule has 0 N–H and O–H groups in total. The van der Waals surface area contributed by atoms with Crippen LogP contribution in [0.3, 0.4) is 0 Å². The third-order valence-corrected chi connectivity index (χ3v) is 3.58. The molecule has 1 heteroatoms. The van der Waals surface area contributed by atoms with Gasteiger partial charge in [-0.2, -0.15) is 0 Å². The summed E-state index contributed by atoms with van der Waals surface area (Å²) in [7, 11) is 0. The zero-order valence-corrected chi connectivity index (χ0v) is 9.05. The van der Waals surface area contributed by atoms with Gasteiger partial charge in [-0.05, 0) is 28.5 Å². The van der Waals surface area contributed by atoms with Gasteiger partial charge in [0.05, 0.1) is 0 Å². The Hall–Kier alpha value is -1.47. The molecule has 0 radical (unpaired) electrons. The molecule has 2 aromatic carbocycles. The van der Waals surface area contributed by atoms with Gasteiger partial charge >= 0.3 is 0 Å². The standard InChI is InChI=1S/C14H10S/c1-10-6-8-13-12-5-3-2-4-11(12)7-9-14(13)15-10/h2-9H,1H2. The molecule has 1 heterocycles. The molecule has 0 aromatic heterocycles. The van der Waals surface area contributed by atoms with Crippen molar-refractivity contribution < 1.29 is 0 Å². The fourth-order valence-corrected chi connectivity index (χ4v) is 2.73. The lowest BCUT2D eigenvalue weighted by Crippen LogP contribution is -1.87. The molecule has 0 amide bonds. The lowest BCUT2D eigenvalue weighted by atomic mass is 10.0. The van der Waals surface area contributed by atoms with Crippen LogP contribution in [-0.2, 0) is 0 Å². The summed E-state index contributed by atoms with van der Waals surface area (Å²) in [5.41, 5.74) is 1.32. The first-order valence-corrected chi connectivity index (χ1v) is 5.73. The minimum atomic E-state index is 1.11. The molecule has 0 aliphatic carbocycles. The van der Waals surface area contributed by atoms with E-state index >= 15 is 0 Å². The van der Waals surface area contributed by atoms with E-state index in [0.717, 1.165) is 4.91 Å². The first kappa shape index (κ1) is 8.81. The fourth-order valence-electron chi connectivity index (χ4n) is 1.89. The molecule has 0 saturated heterocycles. The average molecular weight is 210 g/mol. The first-order valence-electron chi connectivity index (χ1n) is 4.91. The predicted molar refractivity (Wildman–Crippen MR) is 68.0 cm³/mol. The molecule has 0 spiro atoms. The fraction of sp³-hybridized carbons (Fsp3) is 0. The number of fused-ring (bicyclic) bond motifs is 3. The summed E-state index contributed by atoms with van der Waals surface area (Å²) in [5.74, 6) is 0. The van der Waals surface area contributed by atoms with E-state index in [0.29, 0.717) is 0 Å². The molecule has 0 nitrogen and oxygen atoms in total. The van der Waals surface area contributed by atoms with Gasteiger partial charge in [0, 0.05) is 9.80 Å². The van der Waals surface area contributed by atoms with Crippen molar-refractivity contribution in [1.29, 1.82) is 0 Å². The maximum atomic E-state index is 3.97. The Bertz CT molecular complexity index is 579. The van der Waals surface area contributed by atoms with Crippen molar-refractivity contribution in [1.82, 2.24) is 0 Å². The van der Waals surface area contributed by atoms with Crippen LogP contribution in [0.25, 0.3) is 16.8 Å². The Labute approximate surface area is 93.3 Å². The third-order valence-electron chi connectivity index (χ3n) is 2.61. The number of thioether (sulfide) groups is 1. The van der Waals surface area contributed by atoms with Crippen molar-refractivity contribution >= 4 is 28.6 Å². The minimum Gasteiger partial charge on any atom is -0.0901 e. The Morgan fingerprint density at radius 1 is 0.933 bits per heavy atom. The normalized spacial score (nSPS) is 14.3. The van der Waals surface area contributed by atoms with E-state index in [-0.39, 0.29) is 0 Å². The average Bonchev–Trinajstić information content (AvgIpc) is 2.28. The molecule has 72 valence electrons. The Morgan fingerprint density at radius 2 is 1.80 bits per heavy atom. The van der Waals surface area contributed by atoms with Gasteiger partial charge < -0.3 is 0 Å². The summed E-state index contributed by atoms with van der Waals surface area (Å²) in [6, 6.07) is 12.8. The molecule has 3 rings (SSSR count). The molecule has 0 bridgehead atoms. The highest BCUT2D eigenvalue weighted by Gasteiger charge is 2.09. The van der Waals surface area contributed by atoms with Crippen LogP contribution in [0.2, 0.25) is 0 Å². The number of benzene rings is 2. The number of allylic oxidation sites excluding steroid dienone is 1. The van der Waals surface area contributed by atoms with Crippen LogP contribution in [0, 0.1) is 0 Å². The quantitative estimate of drug-likeness (QED) is 0.618. The van der Waals surface area contributed by atoms with Crippen molar-refractivity contribution in [2.75, 3.05) is 0 Å². The van der Waals surface area contributed by atoms with Gasteiger partial charge in [-0.3, -0.25) is 0 Å². The van der Waals surface area contributed by atoms with Crippen LogP contribution in [-0.4, -0.2) is 0 Å². The van der Waals surface area contributed by atoms with Crippen LogP contribution in [0.4, 0.5) is 0 Å². The highest BCUT2D eigenvalue weighted by molar-refractivity contribution is 8.03. The van der Waals surface area contributed by atoms with Gasteiger partial charge in [0.25, 0.3) is 0 Å². The van der Waals surface area contributed by atoms with Gasteiger partial charge in [-0.25, -0.2) is 0 Å². The van der Waals surface area contributed by atoms with Crippen molar-refractivity contribution in [3.05, 3.63) is 59.5 Å². The monoisotopic (exact) mass is 210 g/mol. The van der Waals surface area contributed by atoms with E-state index in [1.807, 2.05) is 0 Å². The van der Waals surface area contributed by atoms with Crippen molar-refractivity contribution in [2.45, 2.75) is 4.90 Å². The number of hydrogen-bond donors (Lipinski definition) is 0. The summed E-state index contributed by atoms with van der Waals surface area (Å²) in [6.45, 7) is 3.97. The highest BCUT2D eigenvalue weighted by Crippen LogP contribution is 2.38. The number of hydrogen-bond acceptors (Lipinski definition) is 1. The van der Waals surface area contributed by atoms with Gasteiger partial charge in [-0.1, -0.05) is 54.7 Å². The van der Waals surface area contributed by atoms with Crippen LogP contribution in [0.15, 0.2) is 58.9 Å². The molecule has 0 saturated carbocycles. The molecule has 1 aliphatic rings. The molecule has 15 heavy (non-hydrogen) atoms. The molecule has 2 aromatic rings. The van der Waals surface area contributed by atoms with E-state index in [2.05, 4.69) is 55.1 Å². The van der Waals surface area contributed by atoms with Gasteiger partial charge in [-0.15, -0.1) is 0 Å². The Kier molecular flexibility index (Phi) is 1.93. The Balaban J connectivity index is 2.37. The van der Waals surface area contributed by atoms with Crippen LogP contribution >= 0.6 is 11.8 Å². The molecular formula is C14H10S. The van der Waals surface area contributed by atoms with Gasteiger partial charge in [0.2, 0.25) is 0 Å². The van der Waals surface area contributed by atoms with Crippen molar-refractivity contribution in [3.63, 3.8) is 0 Å². The minimum absolute atomic E-state index is 1.11.